The number of nitrogen functional groups attached to an aromatic ring is 1. The average molecular weight is 525 g/mol. The van der Waals surface area contributed by atoms with Crippen LogP contribution in [0.25, 0.3) is 0 Å². The van der Waals surface area contributed by atoms with Gasteiger partial charge in [0, 0.05) is 41.2 Å². The highest BCUT2D eigenvalue weighted by Gasteiger charge is 2.33. The Bertz CT molecular complexity index is 1090. The van der Waals surface area contributed by atoms with E-state index in [1.165, 1.54) is 11.0 Å². The maximum Gasteiger partial charge on any atom is 0.418 e. The van der Waals surface area contributed by atoms with Crippen molar-refractivity contribution in [1.82, 2.24) is 4.90 Å². The summed E-state index contributed by atoms with van der Waals surface area (Å²) in [6.45, 7) is 0.686. The number of nitrogens with zero attached hydrogens (tertiary/aromatic N) is 2. The molecule has 1 heterocycles. The third kappa shape index (κ3) is 6.41. The molecule has 1 saturated carbocycles. The van der Waals surface area contributed by atoms with Crippen molar-refractivity contribution in [3.63, 3.8) is 0 Å². The van der Waals surface area contributed by atoms with Crippen molar-refractivity contribution in [3.05, 3.63) is 53.1 Å². The quantitative estimate of drug-likeness (QED) is 0.541. The normalized spacial score (nSPS) is 20.9. The number of rotatable bonds is 6. The van der Waals surface area contributed by atoms with Crippen molar-refractivity contribution in [2.45, 2.75) is 44.0 Å². The zero-order chi connectivity index (χ0) is 25.9. The fraction of sp³-hybridized carbons (Fsp3) is 0.440. The molecule has 0 bridgehead atoms. The first-order chi connectivity index (χ1) is 17.1. The van der Waals surface area contributed by atoms with Gasteiger partial charge in [-0.15, -0.1) is 0 Å². The molecule has 7 nitrogen and oxygen atoms in total. The number of hydrogen-bond acceptors (Lipinski definition) is 5. The predicted octanol–water partition coefficient (Wildman–Crippen LogP) is 4.56. The third-order valence-electron chi connectivity index (χ3n) is 6.56. The van der Waals surface area contributed by atoms with Gasteiger partial charge < -0.3 is 25.6 Å². The second-order valence-corrected chi connectivity index (χ2v) is 9.50. The first-order valence-electron chi connectivity index (χ1n) is 11.8. The van der Waals surface area contributed by atoms with E-state index in [4.69, 9.17) is 22.1 Å². The highest BCUT2D eigenvalue weighted by atomic mass is 35.5. The van der Waals surface area contributed by atoms with Gasteiger partial charge in [-0.05, 0) is 68.1 Å². The van der Waals surface area contributed by atoms with E-state index in [0.29, 0.717) is 49.5 Å². The fourth-order valence-corrected chi connectivity index (χ4v) is 4.69. The number of halogens is 4. The van der Waals surface area contributed by atoms with Crippen LogP contribution in [-0.2, 0) is 20.5 Å². The van der Waals surface area contributed by atoms with Gasteiger partial charge in [-0.1, -0.05) is 11.6 Å². The topological polar surface area (TPSA) is 87.9 Å². The molecule has 2 aromatic rings. The largest absolute Gasteiger partial charge is 0.418 e. The van der Waals surface area contributed by atoms with E-state index < -0.39 is 11.7 Å². The van der Waals surface area contributed by atoms with Crippen LogP contribution in [0.3, 0.4) is 0 Å². The molecule has 4 rings (SSSR count). The number of nitrogens with two attached hydrogens (primary N) is 1. The average Bonchev–Trinajstić information content (AvgIpc) is 2.84. The smallest absolute Gasteiger partial charge is 0.398 e. The Balaban J connectivity index is 1.20. The molecule has 0 radical (unpaired) electrons. The molecule has 1 aliphatic carbocycles. The summed E-state index contributed by atoms with van der Waals surface area (Å²) in [4.78, 5) is 28.3. The minimum Gasteiger partial charge on any atom is -0.398 e. The molecule has 0 atom stereocenters. The number of hydrogen-bond donors (Lipinski definition) is 2. The molecule has 11 heteroatoms. The van der Waals surface area contributed by atoms with Crippen molar-refractivity contribution in [2.24, 2.45) is 0 Å². The number of nitrogens with one attached hydrogen (secondary N) is 1. The number of ether oxygens (including phenoxy) is 1. The maximum atomic E-state index is 13.1. The third-order valence-corrected chi connectivity index (χ3v) is 6.81. The molecule has 2 aromatic carbocycles. The lowest BCUT2D eigenvalue weighted by Gasteiger charge is -2.35. The lowest BCUT2D eigenvalue weighted by molar-refractivity contribution is -0.142. The molecular weight excluding hydrogens is 497 g/mol. The molecular formula is C25H28ClF3N4O3. The summed E-state index contributed by atoms with van der Waals surface area (Å²) in [5, 5.41) is 3.73. The van der Waals surface area contributed by atoms with Gasteiger partial charge in [0.1, 0.15) is 13.2 Å². The van der Waals surface area contributed by atoms with E-state index in [9.17, 15) is 22.8 Å². The molecule has 0 spiro atoms. The monoisotopic (exact) mass is 524 g/mol. The van der Waals surface area contributed by atoms with Gasteiger partial charge in [0.05, 0.1) is 11.7 Å². The highest BCUT2D eigenvalue weighted by molar-refractivity contribution is 6.30. The van der Waals surface area contributed by atoms with Crippen LogP contribution in [0.15, 0.2) is 42.5 Å². The van der Waals surface area contributed by atoms with Gasteiger partial charge in [0.15, 0.2) is 0 Å². The summed E-state index contributed by atoms with van der Waals surface area (Å²) < 4.78 is 45.1. The summed E-state index contributed by atoms with van der Waals surface area (Å²) in [6.07, 6.45) is -1.88. The van der Waals surface area contributed by atoms with Crippen LogP contribution in [0.1, 0.15) is 31.2 Å². The minimum absolute atomic E-state index is 0.00354. The van der Waals surface area contributed by atoms with Crippen LogP contribution >= 0.6 is 11.6 Å². The van der Waals surface area contributed by atoms with Crippen LogP contribution < -0.4 is 16.0 Å². The lowest BCUT2D eigenvalue weighted by Crippen LogP contribution is -2.53. The van der Waals surface area contributed by atoms with Crippen molar-refractivity contribution >= 4 is 40.5 Å². The Morgan fingerprint density at radius 2 is 1.78 bits per heavy atom. The molecule has 194 valence electrons. The number of amides is 2. The van der Waals surface area contributed by atoms with Gasteiger partial charge >= 0.3 is 6.18 Å². The van der Waals surface area contributed by atoms with Gasteiger partial charge in [-0.25, -0.2) is 0 Å². The minimum atomic E-state index is -4.51. The van der Waals surface area contributed by atoms with Crippen molar-refractivity contribution in [1.29, 1.82) is 0 Å². The first-order valence-corrected chi connectivity index (χ1v) is 12.2. The lowest BCUT2D eigenvalue weighted by atomic mass is 9.92. The molecule has 0 aromatic heterocycles. The fourth-order valence-electron chi connectivity index (χ4n) is 4.56. The van der Waals surface area contributed by atoms with Gasteiger partial charge in [-0.3, -0.25) is 9.59 Å². The summed E-state index contributed by atoms with van der Waals surface area (Å²) in [5.74, 6) is -0.402. The molecule has 1 saturated heterocycles. The van der Waals surface area contributed by atoms with Crippen molar-refractivity contribution in [3.8, 4) is 0 Å². The Kier molecular flexibility index (Phi) is 7.94. The van der Waals surface area contributed by atoms with Crippen LogP contribution in [0.4, 0.5) is 30.2 Å². The van der Waals surface area contributed by atoms with E-state index in [2.05, 4.69) is 5.32 Å². The number of carbonyl (C=O) groups excluding carboxylic acids is 2. The molecule has 36 heavy (non-hydrogen) atoms. The van der Waals surface area contributed by atoms with E-state index >= 15 is 0 Å². The molecule has 0 unspecified atom stereocenters. The maximum absolute atomic E-state index is 13.1. The Hall–Kier alpha value is -2.98. The zero-order valence-electron chi connectivity index (χ0n) is 19.6. The Morgan fingerprint density at radius 1 is 1.08 bits per heavy atom. The van der Waals surface area contributed by atoms with E-state index in [-0.39, 0.29) is 42.8 Å². The van der Waals surface area contributed by atoms with Crippen LogP contribution in [-0.4, -0.2) is 55.1 Å². The Labute approximate surface area is 212 Å². The molecule has 2 amide bonds. The second kappa shape index (κ2) is 11.0. The Morgan fingerprint density at radius 3 is 2.42 bits per heavy atom. The van der Waals surface area contributed by atoms with Crippen molar-refractivity contribution < 1.29 is 27.5 Å². The van der Waals surface area contributed by atoms with E-state index in [1.807, 2.05) is 0 Å². The van der Waals surface area contributed by atoms with E-state index in [0.717, 1.165) is 11.8 Å². The molecule has 3 N–H and O–H groups in total. The number of piperazine rings is 1. The first kappa shape index (κ1) is 26.1. The van der Waals surface area contributed by atoms with Crippen molar-refractivity contribution in [2.75, 3.05) is 42.2 Å². The summed E-state index contributed by atoms with van der Waals surface area (Å²) in [7, 11) is 0. The SMILES string of the molecule is Nc1ccc(NC2CCC(OCC(=O)N3CCN(c4ccc(Cl)cc4)C(=O)C3)CC2)cc1C(F)(F)F. The summed E-state index contributed by atoms with van der Waals surface area (Å²) in [5.41, 5.74) is 5.43. The standard InChI is InChI=1S/C25H28ClF3N4O3/c26-16-1-6-19(7-2-16)33-12-11-32(14-23(33)34)24(35)15-36-20-8-3-17(4-9-20)31-18-5-10-22(30)21(13-18)25(27,28)29/h1-2,5-7,10,13,17,20,31H,3-4,8-9,11-12,14-15,30H2. The molecule has 2 fully saturated rings. The molecule has 1 aliphatic heterocycles. The van der Waals surface area contributed by atoms with Crippen LogP contribution in [0.2, 0.25) is 5.02 Å². The van der Waals surface area contributed by atoms with Gasteiger partial charge in [0.2, 0.25) is 11.8 Å². The molecule has 2 aliphatic rings. The number of anilines is 3. The van der Waals surface area contributed by atoms with Crippen LogP contribution in [0.5, 0.6) is 0 Å². The number of alkyl halides is 3. The number of carbonyl (C=O) groups is 2. The van der Waals surface area contributed by atoms with Gasteiger partial charge in [-0.2, -0.15) is 13.2 Å². The second-order valence-electron chi connectivity index (χ2n) is 9.07. The van der Waals surface area contributed by atoms with E-state index in [1.54, 1.807) is 35.2 Å². The zero-order valence-corrected chi connectivity index (χ0v) is 20.3. The predicted molar refractivity (Wildman–Crippen MR) is 132 cm³/mol. The summed E-state index contributed by atoms with van der Waals surface area (Å²) in [6, 6.07) is 10.8. The highest BCUT2D eigenvalue weighted by Crippen LogP contribution is 2.36. The van der Waals surface area contributed by atoms with Crippen LogP contribution in [0, 0.1) is 0 Å². The number of benzene rings is 2. The van der Waals surface area contributed by atoms with Gasteiger partial charge in [0.25, 0.3) is 0 Å². The summed E-state index contributed by atoms with van der Waals surface area (Å²) >= 11 is 5.91.